The van der Waals surface area contributed by atoms with Gasteiger partial charge in [-0.1, -0.05) is 6.58 Å². The van der Waals surface area contributed by atoms with E-state index < -0.39 is 0 Å². The zero-order valence-corrected chi connectivity index (χ0v) is 4.31. The molecule has 0 atom stereocenters. The van der Waals surface area contributed by atoms with Crippen LogP contribution in [0.15, 0.2) is 12.3 Å². The molecule has 0 amide bonds. The van der Waals surface area contributed by atoms with Crippen molar-refractivity contribution in [3.05, 3.63) is 12.3 Å². The van der Waals surface area contributed by atoms with Gasteiger partial charge in [0.05, 0.1) is 19.3 Å². The topological polar surface area (TPSA) is 26.3 Å². The molecular weight excluding hydrogens is 92.1 g/mol. The Hall–Kier alpha value is -0.790. The normalized spacial score (nSPS) is 7.57. The lowest BCUT2D eigenvalue weighted by Gasteiger charge is -1.94. The Bertz CT molecular complexity index is 76.1. The van der Waals surface area contributed by atoms with Crippen molar-refractivity contribution in [1.82, 2.24) is 0 Å². The average Bonchev–Trinajstić information content (AvgIpc) is 1.68. The van der Waals surface area contributed by atoms with Crippen LogP contribution in [0.3, 0.4) is 0 Å². The first-order valence-corrected chi connectivity index (χ1v) is 1.96. The molecule has 0 aliphatic carbocycles. The van der Waals surface area contributed by atoms with Crippen molar-refractivity contribution >= 4 is 6.29 Å². The molecule has 0 aromatic carbocycles. The molecule has 0 spiro atoms. The van der Waals surface area contributed by atoms with Crippen molar-refractivity contribution in [2.24, 2.45) is 0 Å². The van der Waals surface area contributed by atoms with Crippen LogP contribution in [0.1, 0.15) is 6.42 Å². The lowest BCUT2D eigenvalue weighted by atomic mass is 10.4. The van der Waals surface area contributed by atoms with E-state index in [-0.39, 0.29) is 0 Å². The molecule has 40 valence electrons. The molecule has 0 heterocycles. The molecule has 0 aliphatic heterocycles. The van der Waals surface area contributed by atoms with Gasteiger partial charge in [-0.15, -0.1) is 0 Å². The summed E-state index contributed by atoms with van der Waals surface area (Å²) in [6.45, 7) is 3.41. The number of carbonyl (C=O) groups excluding carboxylic acids is 1. The maximum absolute atomic E-state index is 9.63. The first-order valence-electron chi connectivity index (χ1n) is 1.96. The molecule has 0 aromatic heterocycles. The van der Waals surface area contributed by atoms with Crippen molar-refractivity contribution < 1.29 is 9.53 Å². The Morgan fingerprint density at radius 1 is 2.00 bits per heavy atom. The minimum Gasteiger partial charge on any atom is -0.501 e. The van der Waals surface area contributed by atoms with Gasteiger partial charge in [0.1, 0.15) is 6.29 Å². The molecule has 0 aliphatic rings. The zero-order valence-electron chi connectivity index (χ0n) is 4.31. The molecule has 0 saturated heterocycles. The quantitative estimate of drug-likeness (QED) is 0.386. The number of allylic oxidation sites excluding steroid dienone is 1. The summed E-state index contributed by atoms with van der Waals surface area (Å²) in [4.78, 5) is 9.63. The van der Waals surface area contributed by atoms with Crippen molar-refractivity contribution in [1.29, 1.82) is 0 Å². The highest BCUT2D eigenvalue weighted by molar-refractivity contribution is 5.52. The van der Waals surface area contributed by atoms with Gasteiger partial charge < -0.3 is 9.53 Å². The second-order valence-electron chi connectivity index (χ2n) is 1.11. The number of rotatable bonds is 3. The minimum atomic E-state index is 0.302. The molecule has 0 radical (unpaired) electrons. The summed E-state index contributed by atoms with van der Waals surface area (Å²) in [6, 6.07) is 0. The fourth-order valence-electron chi connectivity index (χ4n) is 0.176. The van der Waals surface area contributed by atoms with Gasteiger partial charge in [-0.3, -0.25) is 0 Å². The van der Waals surface area contributed by atoms with Crippen LogP contribution in [0.2, 0.25) is 0 Å². The summed E-state index contributed by atoms with van der Waals surface area (Å²) >= 11 is 0. The lowest BCUT2D eigenvalue weighted by Crippen LogP contribution is -1.83. The van der Waals surface area contributed by atoms with Crippen LogP contribution in [0, 0.1) is 0 Å². The summed E-state index contributed by atoms with van der Waals surface area (Å²) in [5, 5.41) is 0. The number of carbonyl (C=O) groups is 1. The molecule has 7 heavy (non-hydrogen) atoms. The Kier molecular flexibility index (Phi) is 3.02. The largest absolute Gasteiger partial charge is 0.501 e. The first kappa shape index (κ1) is 6.21. The number of hydrogen-bond acceptors (Lipinski definition) is 2. The molecule has 0 N–H and O–H groups in total. The van der Waals surface area contributed by atoms with E-state index >= 15 is 0 Å². The number of hydrogen-bond donors (Lipinski definition) is 0. The zero-order chi connectivity index (χ0) is 5.70. The van der Waals surface area contributed by atoms with Crippen LogP contribution in [0.5, 0.6) is 0 Å². The number of aldehydes is 1. The van der Waals surface area contributed by atoms with E-state index in [4.69, 9.17) is 0 Å². The lowest BCUT2D eigenvalue weighted by molar-refractivity contribution is -0.107. The van der Waals surface area contributed by atoms with Crippen molar-refractivity contribution in [2.75, 3.05) is 7.11 Å². The Morgan fingerprint density at radius 2 is 2.57 bits per heavy atom. The van der Waals surface area contributed by atoms with E-state index in [1.54, 1.807) is 0 Å². The number of ether oxygens (including phenoxy) is 1. The van der Waals surface area contributed by atoms with Gasteiger partial charge in [0.2, 0.25) is 0 Å². The van der Waals surface area contributed by atoms with Crippen molar-refractivity contribution in [3.8, 4) is 0 Å². The third kappa shape index (κ3) is 3.03. The van der Waals surface area contributed by atoms with Crippen LogP contribution in [-0.4, -0.2) is 13.4 Å². The molecule has 0 aromatic rings. The smallest absolute Gasteiger partial charge is 0.127 e. The Balaban J connectivity index is 3.17. The van der Waals surface area contributed by atoms with Gasteiger partial charge >= 0.3 is 0 Å². The van der Waals surface area contributed by atoms with Gasteiger partial charge in [-0.25, -0.2) is 0 Å². The van der Waals surface area contributed by atoms with Crippen LogP contribution in [0.4, 0.5) is 0 Å². The predicted octanol–water partition coefficient (Wildman–Crippen LogP) is 0.736. The summed E-state index contributed by atoms with van der Waals surface area (Å²) in [7, 11) is 1.49. The SMILES string of the molecule is C=C(CC=O)OC. The van der Waals surface area contributed by atoms with Gasteiger partial charge in [-0.05, 0) is 0 Å². The Morgan fingerprint density at radius 3 is 2.71 bits per heavy atom. The average molecular weight is 100 g/mol. The third-order valence-electron chi connectivity index (χ3n) is 0.600. The van der Waals surface area contributed by atoms with Crippen LogP contribution >= 0.6 is 0 Å². The summed E-state index contributed by atoms with van der Waals surface area (Å²) in [6.07, 6.45) is 1.06. The molecule has 0 fully saturated rings. The molecular formula is C5H8O2. The first-order chi connectivity index (χ1) is 3.31. The van der Waals surface area contributed by atoms with Crippen LogP contribution in [0.25, 0.3) is 0 Å². The predicted molar refractivity (Wildman–Crippen MR) is 26.8 cm³/mol. The minimum absolute atomic E-state index is 0.302. The molecule has 0 saturated carbocycles. The van der Waals surface area contributed by atoms with Gasteiger partial charge in [0.25, 0.3) is 0 Å². The van der Waals surface area contributed by atoms with Crippen LogP contribution < -0.4 is 0 Å². The van der Waals surface area contributed by atoms with E-state index in [1.165, 1.54) is 7.11 Å². The van der Waals surface area contributed by atoms with Gasteiger partial charge in [0.15, 0.2) is 0 Å². The molecule has 0 bridgehead atoms. The van der Waals surface area contributed by atoms with E-state index in [9.17, 15) is 4.79 Å². The molecule has 0 rings (SSSR count). The fraction of sp³-hybridized carbons (Fsp3) is 0.400. The summed E-state index contributed by atoms with van der Waals surface area (Å²) in [5.41, 5.74) is 0. The second kappa shape index (κ2) is 3.40. The maximum atomic E-state index is 9.63. The monoisotopic (exact) mass is 100 g/mol. The highest BCUT2D eigenvalue weighted by atomic mass is 16.5. The fourth-order valence-corrected chi connectivity index (χ4v) is 0.176. The second-order valence-corrected chi connectivity index (χ2v) is 1.11. The van der Waals surface area contributed by atoms with Gasteiger partial charge in [-0.2, -0.15) is 0 Å². The van der Waals surface area contributed by atoms with Gasteiger partial charge in [0, 0.05) is 0 Å². The summed E-state index contributed by atoms with van der Waals surface area (Å²) in [5.74, 6) is 0.509. The number of methoxy groups -OCH3 is 1. The molecule has 2 heteroatoms. The maximum Gasteiger partial charge on any atom is 0.127 e. The van der Waals surface area contributed by atoms with E-state index in [0.29, 0.717) is 12.2 Å². The van der Waals surface area contributed by atoms with E-state index in [0.717, 1.165) is 6.29 Å². The van der Waals surface area contributed by atoms with E-state index in [2.05, 4.69) is 11.3 Å². The van der Waals surface area contributed by atoms with Crippen LogP contribution in [-0.2, 0) is 9.53 Å². The summed E-state index contributed by atoms with van der Waals surface area (Å²) < 4.78 is 4.56. The molecule has 0 unspecified atom stereocenters. The molecule has 2 nitrogen and oxygen atoms in total. The van der Waals surface area contributed by atoms with E-state index in [1.807, 2.05) is 0 Å². The highest BCUT2D eigenvalue weighted by Crippen LogP contribution is 1.91. The highest BCUT2D eigenvalue weighted by Gasteiger charge is 1.84. The third-order valence-corrected chi connectivity index (χ3v) is 0.600. The Labute approximate surface area is 42.8 Å². The standard InChI is InChI=1S/C5H8O2/c1-5(7-2)3-4-6/h4H,1,3H2,2H3. The van der Waals surface area contributed by atoms with Crippen molar-refractivity contribution in [3.63, 3.8) is 0 Å². The van der Waals surface area contributed by atoms with Crippen molar-refractivity contribution in [2.45, 2.75) is 6.42 Å².